The van der Waals surface area contributed by atoms with Gasteiger partial charge in [-0.25, -0.2) is 13.4 Å². The van der Waals surface area contributed by atoms with Crippen LogP contribution < -0.4 is 5.32 Å². The fraction of sp³-hybridized carbons (Fsp3) is 0.400. The van der Waals surface area contributed by atoms with Crippen molar-refractivity contribution in [3.8, 4) is 0 Å². The van der Waals surface area contributed by atoms with Crippen LogP contribution >= 0.6 is 0 Å². The number of sulfone groups is 1. The number of hydrogen-bond donors (Lipinski definition) is 1. The molecule has 1 aromatic carbocycles. The van der Waals surface area contributed by atoms with Crippen LogP contribution in [0.3, 0.4) is 0 Å². The molecule has 0 aliphatic carbocycles. The minimum Gasteiger partial charge on any atom is -0.381 e. The average molecular weight is 388 g/mol. The van der Waals surface area contributed by atoms with Crippen molar-refractivity contribution in [3.63, 3.8) is 0 Å². The Morgan fingerprint density at radius 2 is 1.89 bits per heavy atom. The Morgan fingerprint density at radius 3 is 2.48 bits per heavy atom. The molecule has 144 valence electrons. The number of hydrogen-bond acceptors (Lipinski definition) is 5. The summed E-state index contributed by atoms with van der Waals surface area (Å²) >= 11 is 0. The van der Waals surface area contributed by atoms with E-state index >= 15 is 0 Å². The van der Waals surface area contributed by atoms with Crippen molar-refractivity contribution in [2.75, 3.05) is 24.8 Å². The third-order valence-electron chi connectivity index (χ3n) is 4.85. The van der Waals surface area contributed by atoms with E-state index in [1.165, 1.54) is 6.26 Å². The molecule has 1 atom stereocenters. The SMILES string of the molecule is CS(=O)(=O)c1ccc(C(CC2CCOCC2)C(=O)Nc2ccccn2)cc1. The van der Waals surface area contributed by atoms with Crippen molar-refractivity contribution in [2.24, 2.45) is 5.92 Å². The van der Waals surface area contributed by atoms with Gasteiger partial charge in [0.2, 0.25) is 5.91 Å². The molecule has 6 nitrogen and oxygen atoms in total. The van der Waals surface area contributed by atoms with Gasteiger partial charge in [0.1, 0.15) is 5.82 Å². The third kappa shape index (κ3) is 5.37. The van der Waals surface area contributed by atoms with Crippen LogP contribution in [0.25, 0.3) is 0 Å². The van der Waals surface area contributed by atoms with E-state index in [0.717, 1.165) is 18.4 Å². The second kappa shape index (κ2) is 8.63. The zero-order valence-corrected chi connectivity index (χ0v) is 16.1. The largest absolute Gasteiger partial charge is 0.381 e. The van der Waals surface area contributed by atoms with Gasteiger partial charge < -0.3 is 10.1 Å². The van der Waals surface area contributed by atoms with Gasteiger partial charge in [-0.1, -0.05) is 18.2 Å². The molecule has 1 fully saturated rings. The first-order valence-corrected chi connectivity index (χ1v) is 10.9. The summed E-state index contributed by atoms with van der Waals surface area (Å²) in [5.74, 6) is 0.399. The molecular formula is C20H24N2O4S. The number of carbonyl (C=O) groups excluding carboxylic acids is 1. The molecule has 2 heterocycles. The highest BCUT2D eigenvalue weighted by Gasteiger charge is 2.26. The van der Waals surface area contributed by atoms with E-state index in [9.17, 15) is 13.2 Å². The summed E-state index contributed by atoms with van der Waals surface area (Å²) in [6.45, 7) is 1.43. The van der Waals surface area contributed by atoms with E-state index in [-0.39, 0.29) is 16.7 Å². The van der Waals surface area contributed by atoms with Gasteiger partial charge in [-0.05, 0) is 55.0 Å². The molecule has 1 saturated heterocycles. The van der Waals surface area contributed by atoms with E-state index in [2.05, 4.69) is 10.3 Å². The molecule has 1 aliphatic rings. The van der Waals surface area contributed by atoms with Crippen LogP contribution in [0.4, 0.5) is 5.82 Å². The first-order chi connectivity index (χ1) is 12.9. The van der Waals surface area contributed by atoms with Gasteiger partial charge in [-0.3, -0.25) is 4.79 Å². The fourth-order valence-corrected chi connectivity index (χ4v) is 3.94. The lowest BCUT2D eigenvalue weighted by Gasteiger charge is -2.26. The summed E-state index contributed by atoms with van der Waals surface area (Å²) < 4.78 is 28.8. The van der Waals surface area contributed by atoms with Crippen LogP contribution in [0.2, 0.25) is 0 Å². The number of pyridine rings is 1. The molecule has 1 amide bonds. The Morgan fingerprint density at radius 1 is 1.19 bits per heavy atom. The molecule has 3 rings (SSSR count). The average Bonchev–Trinajstić information content (AvgIpc) is 2.67. The minimum atomic E-state index is -3.27. The van der Waals surface area contributed by atoms with Gasteiger partial charge in [0.25, 0.3) is 0 Å². The summed E-state index contributed by atoms with van der Waals surface area (Å²) in [5.41, 5.74) is 0.808. The number of carbonyl (C=O) groups is 1. The summed E-state index contributed by atoms with van der Waals surface area (Å²) in [5, 5.41) is 2.88. The Balaban J connectivity index is 1.83. The van der Waals surface area contributed by atoms with Crippen LogP contribution in [0.15, 0.2) is 53.6 Å². The lowest BCUT2D eigenvalue weighted by molar-refractivity contribution is -0.118. The normalized spacial score (nSPS) is 16.6. The first-order valence-electron chi connectivity index (χ1n) is 9.03. The molecule has 0 saturated carbocycles. The zero-order valence-electron chi connectivity index (χ0n) is 15.3. The van der Waals surface area contributed by atoms with Crippen molar-refractivity contribution in [1.82, 2.24) is 4.98 Å². The number of aromatic nitrogens is 1. The van der Waals surface area contributed by atoms with E-state index in [4.69, 9.17) is 4.74 Å². The van der Waals surface area contributed by atoms with Crippen LogP contribution in [0, 0.1) is 5.92 Å². The van der Waals surface area contributed by atoms with Crippen molar-refractivity contribution >= 4 is 21.6 Å². The molecule has 1 aliphatic heterocycles. The summed E-state index contributed by atoms with van der Waals surface area (Å²) in [6, 6.07) is 12.0. The molecule has 7 heteroatoms. The van der Waals surface area contributed by atoms with Gasteiger partial charge in [0.15, 0.2) is 9.84 Å². The molecule has 27 heavy (non-hydrogen) atoms. The molecule has 0 spiro atoms. The van der Waals surface area contributed by atoms with E-state index < -0.39 is 9.84 Å². The molecule has 0 bridgehead atoms. The Labute approximate surface area is 159 Å². The van der Waals surface area contributed by atoms with Crippen molar-refractivity contribution < 1.29 is 17.9 Å². The Hall–Kier alpha value is -2.25. The summed E-state index contributed by atoms with van der Waals surface area (Å²) in [6.07, 6.45) is 5.35. The maximum Gasteiger partial charge on any atom is 0.233 e. The fourth-order valence-electron chi connectivity index (χ4n) is 3.31. The van der Waals surface area contributed by atoms with Gasteiger partial charge in [0.05, 0.1) is 10.8 Å². The maximum absolute atomic E-state index is 13.0. The van der Waals surface area contributed by atoms with Gasteiger partial charge >= 0.3 is 0 Å². The summed E-state index contributed by atoms with van der Waals surface area (Å²) in [7, 11) is -3.27. The molecular weight excluding hydrogens is 364 g/mol. The Bertz CT molecular complexity index is 861. The summed E-state index contributed by atoms with van der Waals surface area (Å²) in [4.78, 5) is 17.4. The minimum absolute atomic E-state index is 0.132. The lowest BCUT2D eigenvalue weighted by Crippen LogP contribution is -2.26. The van der Waals surface area contributed by atoms with E-state index in [0.29, 0.717) is 31.4 Å². The van der Waals surface area contributed by atoms with Crippen LogP contribution in [0.5, 0.6) is 0 Å². The zero-order chi connectivity index (χ0) is 19.3. The molecule has 1 aromatic heterocycles. The highest BCUT2D eigenvalue weighted by atomic mass is 32.2. The lowest BCUT2D eigenvalue weighted by atomic mass is 9.84. The highest BCUT2D eigenvalue weighted by Crippen LogP contribution is 2.31. The van der Waals surface area contributed by atoms with Crippen LogP contribution in [0.1, 0.15) is 30.7 Å². The number of nitrogens with zero attached hydrogens (tertiary/aromatic N) is 1. The van der Waals surface area contributed by atoms with Gasteiger partial charge in [0, 0.05) is 25.7 Å². The van der Waals surface area contributed by atoms with E-state index in [1.807, 2.05) is 6.07 Å². The number of ether oxygens (including phenoxy) is 1. The quantitative estimate of drug-likeness (QED) is 0.822. The van der Waals surface area contributed by atoms with Crippen LogP contribution in [-0.4, -0.2) is 38.8 Å². The second-order valence-corrected chi connectivity index (χ2v) is 8.91. The number of nitrogens with one attached hydrogen (secondary N) is 1. The van der Waals surface area contributed by atoms with Gasteiger partial charge in [-0.2, -0.15) is 0 Å². The van der Waals surface area contributed by atoms with Crippen molar-refractivity contribution in [2.45, 2.75) is 30.1 Å². The maximum atomic E-state index is 13.0. The van der Waals surface area contributed by atoms with Crippen LogP contribution in [-0.2, 0) is 19.4 Å². The van der Waals surface area contributed by atoms with Crippen molar-refractivity contribution in [1.29, 1.82) is 0 Å². The predicted octanol–water partition coefficient (Wildman–Crippen LogP) is 3.02. The topological polar surface area (TPSA) is 85.4 Å². The molecule has 0 radical (unpaired) electrons. The number of anilines is 1. The first kappa shape index (κ1) is 19.5. The smallest absolute Gasteiger partial charge is 0.233 e. The van der Waals surface area contributed by atoms with Crippen molar-refractivity contribution in [3.05, 3.63) is 54.2 Å². The standard InChI is InChI=1S/C20H24N2O4S/c1-27(24,25)17-7-5-16(6-8-17)18(14-15-9-12-26-13-10-15)20(23)22-19-4-2-3-11-21-19/h2-8,11,15,18H,9-10,12-14H2,1H3,(H,21,22,23). The number of rotatable bonds is 6. The van der Waals surface area contributed by atoms with Gasteiger partial charge in [-0.15, -0.1) is 0 Å². The molecule has 2 aromatic rings. The molecule has 1 unspecified atom stereocenters. The highest BCUT2D eigenvalue weighted by molar-refractivity contribution is 7.90. The van der Waals surface area contributed by atoms with E-state index in [1.54, 1.807) is 42.6 Å². The molecule has 1 N–H and O–H groups in total. The monoisotopic (exact) mass is 388 g/mol. The second-order valence-electron chi connectivity index (χ2n) is 6.89. The number of benzene rings is 1. The number of amides is 1. The third-order valence-corrected chi connectivity index (χ3v) is 5.98. The predicted molar refractivity (Wildman–Crippen MR) is 103 cm³/mol. The Kier molecular flexibility index (Phi) is 6.23.